The van der Waals surface area contributed by atoms with Crippen LogP contribution in [0.5, 0.6) is 5.75 Å². The summed E-state index contributed by atoms with van der Waals surface area (Å²) in [4.78, 5) is 11.7. The number of phenolic OH excluding ortho intramolecular Hbond substituents is 1. The predicted octanol–water partition coefficient (Wildman–Crippen LogP) is 2.56. The van der Waals surface area contributed by atoms with Crippen molar-refractivity contribution in [3.63, 3.8) is 0 Å². The first-order chi connectivity index (χ1) is 8.58. The molecule has 0 aliphatic heterocycles. The first-order valence-corrected chi connectivity index (χ1v) is 6.21. The van der Waals surface area contributed by atoms with Crippen LogP contribution in [0.1, 0.15) is 19.4 Å². The van der Waals surface area contributed by atoms with Gasteiger partial charge in [0.15, 0.2) is 6.10 Å². The zero-order valence-electron chi connectivity index (χ0n) is 10.5. The number of carbonyl (C=O) groups excluding carboxylic acids is 1. The molecule has 0 bridgehead atoms. The van der Waals surface area contributed by atoms with Crippen molar-refractivity contribution in [1.29, 1.82) is 0 Å². The molecule has 0 heterocycles. The number of esters is 1. The van der Waals surface area contributed by atoms with Crippen LogP contribution in [-0.2, 0) is 20.7 Å². The van der Waals surface area contributed by atoms with Crippen LogP contribution in [0.4, 0.5) is 0 Å². The zero-order chi connectivity index (χ0) is 13.5. The molecule has 0 amide bonds. The summed E-state index contributed by atoms with van der Waals surface area (Å²) in [7, 11) is 0. The number of aromatic hydroxyl groups is 1. The molecule has 0 aromatic heterocycles. The largest absolute Gasteiger partial charge is 0.506 e. The van der Waals surface area contributed by atoms with Crippen molar-refractivity contribution in [3.05, 3.63) is 28.8 Å². The summed E-state index contributed by atoms with van der Waals surface area (Å²) in [6.45, 7) is 4.31. The molecule has 0 radical (unpaired) electrons. The fraction of sp³-hybridized carbons (Fsp3) is 0.462. The van der Waals surface area contributed by atoms with Gasteiger partial charge in [0.05, 0.1) is 11.6 Å². The van der Waals surface area contributed by atoms with Crippen LogP contribution in [0.15, 0.2) is 18.2 Å². The minimum Gasteiger partial charge on any atom is -0.506 e. The Kier molecular flexibility index (Phi) is 5.95. The van der Waals surface area contributed by atoms with E-state index in [2.05, 4.69) is 0 Å². The number of hydrogen-bond donors (Lipinski definition) is 1. The maximum Gasteiger partial charge on any atom is 0.335 e. The Bertz CT molecular complexity index is 406. The molecular weight excluding hydrogens is 256 g/mol. The van der Waals surface area contributed by atoms with E-state index >= 15 is 0 Å². The van der Waals surface area contributed by atoms with Gasteiger partial charge in [0.25, 0.3) is 0 Å². The predicted molar refractivity (Wildman–Crippen MR) is 68.9 cm³/mol. The second kappa shape index (κ2) is 7.24. The number of carbonyl (C=O) groups is 1. The summed E-state index contributed by atoms with van der Waals surface area (Å²) < 4.78 is 10.3. The van der Waals surface area contributed by atoms with E-state index in [-0.39, 0.29) is 16.7 Å². The van der Waals surface area contributed by atoms with Gasteiger partial charge in [-0.3, -0.25) is 0 Å². The molecule has 1 aromatic rings. The Morgan fingerprint density at radius 1 is 1.39 bits per heavy atom. The van der Waals surface area contributed by atoms with Gasteiger partial charge < -0.3 is 14.6 Å². The van der Waals surface area contributed by atoms with Crippen LogP contribution < -0.4 is 0 Å². The van der Waals surface area contributed by atoms with E-state index in [0.29, 0.717) is 19.6 Å². The second-order valence-corrected chi connectivity index (χ2v) is 4.09. The normalized spacial score (nSPS) is 12.2. The van der Waals surface area contributed by atoms with E-state index < -0.39 is 6.10 Å². The number of halogens is 1. The Labute approximate surface area is 111 Å². The van der Waals surface area contributed by atoms with E-state index in [1.807, 2.05) is 6.92 Å². The van der Waals surface area contributed by atoms with Crippen molar-refractivity contribution in [1.82, 2.24) is 0 Å². The number of ether oxygens (including phenoxy) is 2. The number of benzene rings is 1. The molecule has 1 N–H and O–H groups in total. The molecule has 1 rings (SSSR count). The van der Waals surface area contributed by atoms with Gasteiger partial charge in [-0.1, -0.05) is 17.7 Å². The van der Waals surface area contributed by atoms with Crippen LogP contribution in [0.25, 0.3) is 0 Å². The second-order valence-electron chi connectivity index (χ2n) is 3.69. The Hall–Kier alpha value is -1.26. The Morgan fingerprint density at radius 3 is 2.67 bits per heavy atom. The molecule has 1 aromatic carbocycles. The van der Waals surface area contributed by atoms with Crippen molar-refractivity contribution in [2.45, 2.75) is 26.4 Å². The zero-order valence-corrected chi connectivity index (χ0v) is 11.2. The standard InChI is InChI=1S/C13H17ClO4/c1-3-17-12(13(16)18-4-2)8-9-5-6-11(15)10(14)7-9/h5-7,12,15H,3-4,8H2,1-2H3. The maximum atomic E-state index is 11.7. The average Bonchev–Trinajstić information content (AvgIpc) is 2.33. The molecule has 0 aliphatic carbocycles. The fourth-order valence-corrected chi connectivity index (χ4v) is 1.74. The monoisotopic (exact) mass is 272 g/mol. The van der Waals surface area contributed by atoms with E-state index in [9.17, 15) is 9.90 Å². The molecule has 4 nitrogen and oxygen atoms in total. The molecule has 18 heavy (non-hydrogen) atoms. The van der Waals surface area contributed by atoms with Gasteiger partial charge in [0, 0.05) is 13.0 Å². The van der Waals surface area contributed by atoms with Gasteiger partial charge in [-0.2, -0.15) is 0 Å². The smallest absolute Gasteiger partial charge is 0.335 e. The number of rotatable bonds is 6. The topological polar surface area (TPSA) is 55.8 Å². The maximum absolute atomic E-state index is 11.7. The van der Waals surface area contributed by atoms with E-state index in [1.54, 1.807) is 19.1 Å². The summed E-state index contributed by atoms with van der Waals surface area (Å²) in [6, 6.07) is 4.81. The molecule has 0 fully saturated rings. The lowest BCUT2D eigenvalue weighted by Crippen LogP contribution is -2.28. The highest BCUT2D eigenvalue weighted by atomic mass is 35.5. The van der Waals surface area contributed by atoms with Crippen molar-refractivity contribution >= 4 is 17.6 Å². The summed E-state index contributed by atoms with van der Waals surface area (Å²) in [5.41, 5.74) is 0.810. The van der Waals surface area contributed by atoms with Crippen molar-refractivity contribution < 1.29 is 19.4 Å². The van der Waals surface area contributed by atoms with Crippen LogP contribution in [-0.4, -0.2) is 30.4 Å². The van der Waals surface area contributed by atoms with E-state index in [0.717, 1.165) is 5.56 Å². The average molecular weight is 273 g/mol. The molecule has 5 heteroatoms. The Morgan fingerprint density at radius 2 is 2.11 bits per heavy atom. The van der Waals surface area contributed by atoms with Crippen molar-refractivity contribution in [2.24, 2.45) is 0 Å². The van der Waals surface area contributed by atoms with Gasteiger partial charge >= 0.3 is 5.97 Å². The molecule has 0 saturated carbocycles. The van der Waals surface area contributed by atoms with Crippen molar-refractivity contribution in [3.8, 4) is 5.75 Å². The third-order valence-corrected chi connectivity index (χ3v) is 2.65. The van der Waals surface area contributed by atoms with Crippen LogP contribution in [0.2, 0.25) is 5.02 Å². The molecule has 1 atom stereocenters. The van der Waals surface area contributed by atoms with Crippen LogP contribution in [0.3, 0.4) is 0 Å². The van der Waals surface area contributed by atoms with E-state index in [4.69, 9.17) is 21.1 Å². The summed E-state index contributed by atoms with van der Waals surface area (Å²) in [6.07, 6.45) is -0.275. The summed E-state index contributed by atoms with van der Waals surface area (Å²) in [5.74, 6) is -0.368. The summed E-state index contributed by atoms with van der Waals surface area (Å²) in [5, 5.41) is 9.58. The number of hydrogen-bond acceptors (Lipinski definition) is 4. The fourth-order valence-electron chi connectivity index (χ4n) is 1.54. The van der Waals surface area contributed by atoms with Gasteiger partial charge in [-0.25, -0.2) is 4.79 Å². The highest BCUT2D eigenvalue weighted by molar-refractivity contribution is 6.32. The minimum absolute atomic E-state index is 0.0181. The first kappa shape index (κ1) is 14.8. The van der Waals surface area contributed by atoms with Crippen molar-refractivity contribution in [2.75, 3.05) is 13.2 Å². The third kappa shape index (κ3) is 4.20. The van der Waals surface area contributed by atoms with Gasteiger partial charge in [0.1, 0.15) is 5.75 Å². The lowest BCUT2D eigenvalue weighted by molar-refractivity contribution is -0.156. The molecule has 0 spiro atoms. The number of phenols is 1. The molecule has 100 valence electrons. The van der Waals surface area contributed by atoms with Crippen LogP contribution in [0, 0.1) is 0 Å². The SMILES string of the molecule is CCOC(=O)C(Cc1ccc(O)c(Cl)c1)OCC. The van der Waals surface area contributed by atoms with Gasteiger partial charge in [0.2, 0.25) is 0 Å². The molecule has 0 saturated heterocycles. The highest BCUT2D eigenvalue weighted by Crippen LogP contribution is 2.24. The van der Waals surface area contributed by atoms with Gasteiger partial charge in [-0.05, 0) is 31.5 Å². The quantitative estimate of drug-likeness (QED) is 0.809. The highest BCUT2D eigenvalue weighted by Gasteiger charge is 2.20. The lowest BCUT2D eigenvalue weighted by Gasteiger charge is -2.15. The molecule has 0 aliphatic rings. The van der Waals surface area contributed by atoms with Crippen LogP contribution >= 0.6 is 11.6 Å². The lowest BCUT2D eigenvalue weighted by atomic mass is 10.1. The first-order valence-electron chi connectivity index (χ1n) is 5.84. The van der Waals surface area contributed by atoms with Gasteiger partial charge in [-0.15, -0.1) is 0 Å². The molecular formula is C13H17ClO4. The van der Waals surface area contributed by atoms with E-state index in [1.165, 1.54) is 6.07 Å². The Balaban J connectivity index is 2.76. The minimum atomic E-state index is -0.643. The third-order valence-electron chi connectivity index (χ3n) is 2.35. The molecule has 1 unspecified atom stereocenters. The summed E-state index contributed by atoms with van der Waals surface area (Å²) >= 11 is 5.81.